The molecule has 4 aromatic rings. The van der Waals surface area contributed by atoms with E-state index in [9.17, 15) is 18.0 Å². The van der Waals surface area contributed by atoms with Crippen molar-refractivity contribution < 1.29 is 22.7 Å². The fourth-order valence-corrected chi connectivity index (χ4v) is 3.62. The summed E-state index contributed by atoms with van der Waals surface area (Å²) >= 11 is 0. The minimum atomic E-state index is -4.58. The van der Waals surface area contributed by atoms with E-state index in [-0.39, 0.29) is 29.4 Å². The van der Waals surface area contributed by atoms with E-state index in [1.807, 2.05) is 38.1 Å². The number of alkyl halides is 3. The van der Waals surface area contributed by atoms with Gasteiger partial charge in [0, 0.05) is 24.4 Å². The minimum absolute atomic E-state index is 0.0410. The molecule has 0 aliphatic heterocycles. The Balaban J connectivity index is 1.76. The molecule has 0 fully saturated rings. The molecule has 7 nitrogen and oxygen atoms in total. The number of pyridine rings is 2. The third-order valence-electron chi connectivity index (χ3n) is 5.98. The first kappa shape index (κ1) is 25.2. The van der Waals surface area contributed by atoms with Gasteiger partial charge in [-0.2, -0.15) is 13.2 Å². The van der Waals surface area contributed by atoms with Crippen molar-refractivity contribution in [3.8, 4) is 11.4 Å². The zero-order valence-electron chi connectivity index (χ0n) is 20.1. The molecule has 0 amide bonds. The third-order valence-corrected chi connectivity index (χ3v) is 5.98. The molecule has 36 heavy (non-hydrogen) atoms. The second kappa shape index (κ2) is 9.62. The molecule has 10 heteroatoms. The van der Waals surface area contributed by atoms with Crippen molar-refractivity contribution in [2.24, 2.45) is 0 Å². The number of fused-ring (bicyclic) bond motifs is 1. The smallest absolute Gasteiger partial charge is 0.377 e. The zero-order chi connectivity index (χ0) is 26.1. The van der Waals surface area contributed by atoms with Gasteiger partial charge in [0.2, 0.25) is 0 Å². The van der Waals surface area contributed by atoms with Crippen molar-refractivity contribution in [3.63, 3.8) is 0 Å². The van der Waals surface area contributed by atoms with Gasteiger partial charge >= 0.3 is 6.18 Å². The summed E-state index contributed by atoms with van der Waals surface area (Å²) in [4.78, 5) is 29.2. The molecular formula is C26H24F3N5O2. The van der Waals surface area contributed by atoms with Crippen LogP contribution in [0.15, 0.2) is 54.7 Å². The summed E-state index contributed by atoms with van der Waals surface area (Å²) in [6.07, 6.45) is -3.29. The third kappa shape index (κ3) is 5.03. The molecule has 0 saturated heterocycles. The number of halogens is 3. The highest BCUT2D eigenvalue weighted by Crippen LogP contribution is 2.36. The summed E-state index contributed by atoms with van der Waals surface area (Å²) in [5, 5.41) is 3.73. The lowest BCUT2D eigenvalue weighted by atomic mass is 9.81. The lowest BCUT2D eigenvalue weighted by Crippen LogP contribution is -2.26. The number of nitrogens with zero attached hydrogens (tertiary/aromatic N) is 4. The Bertz CT molecular complexity index is 1420. The number of carbonyl (C=O) groups excluding carboxylic acids is 1. The number of hydrogen-bond acceptors (Lipinski definition) is 7. The highest BCUT2D eigenvalue weighted by Gasteiger charge is 2.34. The van der Waals surface area contributed by atoms with Crippen LogP contribution < -0.4 is 5.32 Å². The van der Waals surface area contributed by atoms with Gasteiger partial charge in [0.15, 0.2) is 11.5 Å². The van der Waals surface area contributed by atoms with Crippen LogP contribution >= 0.6 is 0 Å². The SMILES string of the molecule is COCc1nc(Nc2ccc(C(C)(C)C(C)=O)cc2)c2ccc(-c3ncccc3C(F)(F)F)nc2n1. The van der Waals surface area contributed by atoms with Gasteiger partial charge in [0.1, 0.15) is 23.9 Å². The van der Waals surface area contributed by atoms with Crippen molar-refractivity contribution in [3.05, 3.63) is 71.7 Å². The number of benzene rings is 1. The van der Waals surface area contributed by atoms with Gasteiger partial charge in [0.25, 0.3) is 0 Å². The topological polar surface area (TPSA) is 89.9 Å². The highest BCUT2D eigenvalue weighted by atomic mass is 19.4. The zero-order valence-corrected chi connectivity index (χ0v) is 20.1. The molecule has 0 atom stereocenters. The van der Waals surface area contributed by atoms with E-state index in [1.165, 1.54) is 25.4 Å². The van der Waals surface area contributed by atoms with E-state index in [0.717, 1.165) is 11.6 Å². The normalized spacial score (nSPS) is 12.1. The van der Waals surface area contributed by atoms with E-state index in [1.54, 1.807) is 13.0 Å². The lowest BCUT2D eigenvalue weighted by molar-refractivity contribution is -0.137. The van der Waals surface area contributed by atoms with Gasteiger partial charge in [-0.15, -0.1) is 0 Å². The van der Waals surface area contributed by atoms with Crippen LogP contribution in [0.5, 0.6) is 0 Å². The van der Waals surface area contributed by atoms with Crippen molar-refractivity contribution >= 4 is 28.3 Å². The Morgan fingerprint density at radius 1 is 1.00 bits per heavy atom. The molecule has 0 bridgehead atoms. The van der Waals surface area contributed by atoms with Crippen LogP contribution in [0.2, 0.25) is 0 Å². The van der Waals surface area contributed by atoms with Crippen LogP contribution in [0.25, 0.3) is 22.4 Å². The molecule has 3 heterocycles. The molecule has 0 spiro atoms. The molecule has 0 aliphatic rings. The molecule has 4 rings (SSSR count). The molecule has 1 N–H and O–H groups in total. The highest BCUT2D eigenvalue weighted by molar-refractivity contribution is 5.90. The fourth-order valence-electron chi connectivity index (χ4n) is 3.62. The Kier molecular flexibility index (Phi) is 6.73. The molecular weight excluding hydrogens is 471 g/mol. The van der Waals surface area contributed by atoms with E-state index in [4.69, 9.17) is 4.74 Å². The summed E-state index contributed by atoms with van der Waals surface area (Å²) in [6, 6.07) is 12.6. The minimum Gasteiger partial charge on any atom is -0.377 e. The number of rotatable bonds is 7. The lowest BCUT2D eigenvalue weighted by Gasteiger charge is -2.22. The van der Waals surface area contributed by atoms with Gasteiger partial charge in [-0.1, -0.05) is 12.1 Å². The molecule has 0 radical (unpaired) electrons. The van der Waals surface area contributed by atoms with Gasteiger partial charge in [-0.3, -0.25) is 9.78 Å². The number of ether oxygens (including phenoxy) is 1. The Labute approximate surface area is 205 Å². The Morgan fingerprint density at radius 2 is 1.72 bits per heavy atom. The molecule has 0 aliphatic carbocycles. The maximum atomic E-state index is 13.5. The second-order valence-corrected chi connectivity index (χ2v) is 8.77. The van der Waals surface area contributed by atoms with Crippen LogP contribution in [-0.4, -0.2) is 32.8 Å². The summed E-state index contributed by atoms with van der Waals surface area (Å²) in [7, 11) is 1.49. The van der Waals surface area contributed by atoms with E-state index in [2.05, 4.69) is 25.3 Å². The van der Waals surface area contributed by atoms with Crippen LogP contribution in [0.4, 0.5) is 24.7 Å². The van der Waals surface area contributed by atoms with Gasteiger partial charge < -0.3 is 10.1 Å². The van der Waals surface area contributed by atoms with E-state index < -0.39 is 17.2 Å². The molecule has 0 saturated carbocycles. The summed E-state index contributed by atoms with van der Waals surface area (Å²) in [5.74, 6) is 0.781. The van der Waals surface area contributed by atoms with Gasteiger partial charge in [-0.25, -0.2) is 15.0 Å². The number of methoxy groups -OCH3 is 1. The monoisotopic (exact) mass is 495 g/mol. The van der Waals surface area contributed by atoms with E-state index in [0.29, 0.717) is 22.7 Å². The first-order valence-corrected chi connectivity index (χ1v) is 11.1. The van der Waals surface area contributed by atoms with Crippen LogP contribution in [-0.2, 0) is 27.7 Å². The largest absolute Gasteiger partial charge is 0.418 e. The van der Waals surface area contributed by atoms with Crippen molar-refractivity contribution in [2.45, 2.75) is 39.0 Å². The number of hydrogen-bond donors (Lipinski definition) is 1. The molecule has 0 unspecified atom stereocenters. The summed E-state index contributed by atoms with van der Waals surface area (Å²) in [6.45, 7) is 5.36. The van der Waals surface area contributed by atoms with Crippen molar-refractivity contribution in [2.75, 3.05) is 12.4 Å². The van der Waals surface area contributed by atoms with Gasteiger partial charge in [-0.05, 0) is 62.7 Å². The molecule has 1 aromatic carbocycles. The Hall–Kier alpha value is -3.92. The van der Waals surface area contributed by atoms with Gasteiger partial charge in [0.05, 0.1) is 16.6 Å². The fraction of sp³-hybridized carbons (Fsp3) is 0.269. The Morgan fingerprint density at radius 3 is 2.36 bits per heavy atom. The van der Waals surface area contributed by atoms with Crippen molar-refractivity contribution in [1.29, 1.82) is 0 Å². The van der Waals surface area contributed by atoms with Crippen LogP contribution in [0.1, 0.15) is 37.7 Å². The number of nitrogens with one attached hydrogen (secondary N) is 1. The van der Waals surface area contributed by atoms with Crippen LogP contribution in [0, 0.1) is 0 Å². The predicted octanol–water partition coefficient (Wildman–Crippen LogP) is 5.86. The predicted molar refractivity (Wildman–Crippen MR) is 130 cm³/mol. The molecule has 3 aromatic heterocycles. The number of Topliss-reactive ketones (excluding diaryl/α,β-unsaturated/α-hetero) is 1. The number of aromatic nitrogens is 4. The average Bonchev–Trinajstić information content (AvgIpc) is 2.83. The molecule has 186 valence electrons. The quantitative estimate of drug-likeness (QED) is 0.343. The standard InChI is InChI=1S/C26H24F3N5O2/c1-15(35)25(2,3)16-7-9-17(10-8-16)31-23-18-11-12-20(32-24(18)34-21(33-23)14-36-4)22-19(26(27,28)29)6-5-13-30-22/h5-13H,14H2,1-4H3,(H,31,32,33,34). The van der Waals surface area contributed by atoms with E-state index >= 15 is 0 Å². The second-order valence-electron chi connectivity index (χ2n) is 8.77. The van der Waals surface area contributed by atoms with Crippen molar-refractivity contribution in [1.82, 2.24) is 19.9 Å². The number of carbonyl (C=O) groups is 1. The first-order valence-electron chi connectivity index (χ1n) is 11.1. The number of anilines is 2. The summed E-state index contributed by atoms with van der Waals surface area (Å²) < 4.78 is 45.7. The summed E-state index contributed by atoms with van der Waals surface area (Å²) in [5.41, 5.74) is 0.0358. The van der Waals surface area contributed by atoms with Crippen LogP contribution in [0.3, 0.4) is 0 Å². The average molecular weight is 496 g/mol. The maximum Gasteiger partial charge on any atom is 0.418 e. The number of ketones is 1. The first-order chi connectivity index (χ1) is 17.0. The maximum absolute atomic E-state index is 13.5.